The Kier molecular flexibility index (Phi) is 3.65. The summed E-state index contributed by atoms with van der Waals surface area (Å²) in [7, 11) is 0. The number of benzene rings is 1. The van der Waals surface area contributed by atoms with Crippen LogP contribution < -0.4 is 5.32 Å². The summed E-state index contributed by atoms with van der Waals surface area (Å²) in [5.41, 5.74) is 1.25. The van der Waals surface area contributed by atoms with Gasteiger partial charge in [-0.1, -0.05) is 30.3 Å². The lowest BCUT2D eigenvalue weighted by atomic mass is 10.1. The zero-order chi connectivity index (χ0) is 12.1. The minimum absolute atomic E-state index is 0.197. The maximum atomic E-state index is 12.6. The van der Waals surface area contributed by atoms with E-state index >= 15 is 0 Å². The molecule has 0 aliphatic heterocycles. The van der Waals surface area contributed by atoms with Crippen LogP contribution in [-0.2, 0) is 6.42 Å². The van der Waals surface area contributed by atoms with Crippen LogP contribution in [0.2, 0.25) is 0 Å². The number of hydrogen-bond donors (Lipinski definition) is 1. The summed E-state index contributed by atoms with van der Waals surface area (Å²) in [6.07, 6.45) is 3.19. The topological polar surface area (TPSA) is 37.8 Å². The number of nitrogens with one attached hydrogen (secondary N) is 1. The first-order valence-electron chi connectivity index (χ1n) is 5.52. The van der Waals surface area contributed by atoms with E-state index in [2.05, 4.69) is 27.4 Å². The van der Waals surface area contributed by atoms with Gasteiger partial charge in [-0.15, -0.1) is 0 Å². The van der Waals surface area contributed by atoms with E-state index in [0.29, 0.717) is 5.95 Å². The number of rotatable bonds is 4. The molecule has 0 bridgehead atoms. The molecule has 0 fully saturated rings. The lowest BCUT2D eigenvalue weighted by molar-refractivity contribution is 0.613. The molecule has 88 valence electrons. The average molecular weight is 231 g/mol. The molecule has 0 aliphatic carbocycles. The van der Waals surface area contributed by atoms with E-state index in [1.54, 1.807) is 0 Å². The first-order chi connectivity index (χ1) is 8.24. The van der Waals surface area contributed by atoms with Crippen molar-refractivity contribution in [2.24, 2.45) is 0 Å². The molecule has 1 atom stereocenters. The molecule has 1 heterocycles. The molecule has 1 unspecified atom stereocenters. The molecule has 4 heteroatoms. The number of aromatic nitrogens is 2. The Labute approximate surface area is 99.7 Å². The Morgan fingerprint density at radius 1 is 1.18 bits per heavy atom. The summed E-state index contributed by atoms with van der Waals surface area (Å²) in [5.74, 6) is 0.0288. The Morgan fingerprint density at radius 2 is 1.82 bits per heavy atom. The molecule has 1 N–H and O–H groups in total. The van der Waals surface area contributed by atoms with E-state index in [1.165, 1.54) is 5.56 Å². The molecule has 0 radical (unpaired) electrons. The third kappa shape index (κ3) is 3.52. The second-order valence-corrected chi connectivity index (χ2v) is 3.96. The Morgan fingerprint density at radius 3 is 2.47 bits per heavy atom. The Bertz CT molecular complexity index is 456. The molecule has 1 aromatic carbocycles. The number of halogens is 1. The molecule has 0 saturated carbocycles. The van der Waals surface area contributed by atoms with Crippen LogP contribution in [0.1, 0.15) is 12.5 Å². The summed E-state index contributed by atoms with van der Waals surface area (Å²) in [6.45, 7) is 2.04. The van der Waals surface area contributed by atoms with Crippen molar-refractivity contribution in [2.75, 3.05) is 5.32 Å². The highest BCUT2D eigenvalue weighted by molar-refractivity contribution is 5.26. The second-order valence-electron chi connectivity index (χ2n) is 3.96. The fourth-order valence-corrected chi connectivity index (χ4v) is 1.63. The highest BCUT2D eigenvalue weighted by Gasteiger charge is 2.05. The van der Waals surface area contributed by atoms with Gasteiger partial charge in [0.25, 0.3) is 0 Å². The zero-order valence-electron chi connectivity index (χ0n) is 9.60. The number of nitrogens with zero attached hydrogens (tertiary/aromatic N) is 2. The van der Waals surface area contributed by atoms with Gasteiger partial charge in [-0.25, -0.2) is 14.4 Å². The molecule has 0 spiro atoms. The predicted molar refractivity (Wildman–Crippen MR) is 65.2 cm³/mol. The van der Waals surface area contributed by atoms with Crippen LogP contribution >= 0.6 is 0 Å². The van der Waals surface area contributed by atoms with E-state index in [-0.39, 0.29) is 6.04 Å². The van der Waals surface area contributed by atoms with E-state index in [4.69, 9.17) is 0 Å². The number of hydrogen-bond acceptors (Lipinski definition) is 3. The minimum Gasteiger partial charge on any atom is -0.351 e. The van der Waals surface area contributed by atoms with Gasteiger partial charge in [-0.2, -0.15) is 0 Å². The summed E-state index contributed by atoms with van der Waals surface area (Å²) >= 11 is 0. The van der Waals surface area contributed by atoms with Gasteiger partial charge < -0.3 is 5.32 Å². The summed E-state index contributed by atoms with van der Waals surface area (Å²) in [5, 5.41) is 3.13. The van der Waals surface area contributed by atoms with Crippen LogP contribution in [-0.4, -0.2) is 16.0 Å². The molecule has 0 saturated heterocycles. The standard InChI is InChI=1S/C13H14FN3/c1-10(7-11-5-3-2-4-6-11)17-13-15-8-12(14)9-16-13/h2-6,8-10H,7H2,1H3,(H,15,16,17). The summed E-state index contributed by atoms with van der Waals surface area (Å²) in [6, 6.07) is 10.4. The van der Waals surface area contributed by atoms with Crippen LogP contribution in [0.3, 0.4) is 0 Å². The Hall–Kier alpha value is -1.97. The van der Waals surface area contributed by atoms with Gasteiger partial charge in [0.2, 0.25) is 5.95 Å². The van der Waals surface area contributed by atoms with Crippen molar-refractivity contribution < 1.29 is 4.39 Å². The SMILES string of the molecule is CC(Cc1ccccc1)Nc1ncc(F)cn1. The summed E-state index contributed by atoms with van der Waals surface area (Å²) in [4.78, 5) is 7.73. The fourth-order valence-electron chi connectivity index (χ4n) is 1.63. The molecule has 3 nitrogen and oxygen atoms in total. The fraction of sp³-hybridized carbons (Fsp3) is 0.231. The van der Waals surface area contributed by atoms with E-state index in [9.17, 15) is 4.39 Å². The highest BCUT2D eigenvalue weighted by atomic mass is 19.1. The molecular formula is C13H14FN3. The van der Waals surface area contributed by atoms with Gasteiger partial charge in [0.05, 0.1) is 12.4 Å². The van der Waals surface area contributed by atoms with Crippen LogP contribution in [0.4, 0.5) is 10.3 Å². The van der Waals surface area contributed by atoms with Crippen LogP contribution in [0.15, 0.2) is 42.7 Å². The minimum atomic E-state index is -0.425. The first kappa shape index (κ1) is 11.5. The molecule has 1 aromatic heterocycles. The van der Waals surface area contributed by atoms with Gasteiger partial charge in [-0.3, -0.25) is 0 Å². The molecule has 17 heavy (non-hydrogen) atoms. The second kappa shape index (κ2) is 5.39. The maximum absolute atomic E-state index is 12.6. The van der Waals surface area contributed by atoms with Crippen molar-refractivity contribution in [2.45, 2.75) is 19.4 Å². The normalized spacial score (nSPS) is 12.1. The quantitative estimate of drug-likeness (QED) is 0.879. The van der Waals surface area contributed by atoms with Crippen molar-refractivity contribution in [3.8, 4) is 0 Å². The van der Waals surface area contributed by atoms with Crippen molar-refractivity contribution in [1.29, 1.82) is 0 Å². The van der Waals surface area contributed by atoms with E-state index < -0.39 is 5.82 Å². The Balaban J connectivity index is 1.93. The largest absolute Gasteiger partial charge is 0.351 e. The van der Waals surface area contributed by atoms with Gasteiger partial charge in [0, 0.05) is 6.04 Å². The third-order valence-electron chi connectivity index (χ3n) is 2.38. The van der Waals surface area contributed by atoms with Gasteiger partial charge in [-0.05, 0) is 18.9 Å². The predicted octanol–water partition coefficient (Wildman–Crippen LogP) is 2.66. The van der Waals surface area contributed by atoms with Crippen molar-refractivity contribution >= 4 is 5.95 Å². The van der Waals surface area contributed by atoms with Crippen LogP contribution in [0.25, 0.3) is 0 Å². The maximum Gasteiger partial charge on any atom is 0.222 e. The molecule has 2 aromatic rings. The molecule has 0 aliphatic rings. The van der Waals surface area contributed by atoms with Gasteiger partial charge in [0.15, 0.2) is 5.82 Å². The molecule has 2 rings (SSSR count). The van der Waals surface area contributed by atoms with Gasteiger partial charge >= 0.3 is 0 Å². The van der Waals surface area contributed by atoms with Crippen molar-refractivity contribution in [3.63, 3.8) is 0 Å². The lowest BCUT2D eigenvalue weighted by Gasteiger charge is -2.13. The molecule has 0 amide bonds. The smallest absolute Gasteiger partial charge is 0.222 e. The van der Waals surface area contributed by atoms with Gasteiger partial charge in [0.1, 0.15) is 0 Å². The van der Waals surface area contributed by atoms with E-state index in [1.807, 2.05) is 25.1 Å². The van der Waals surface area contributed by atoms with E-state index in [0.717, 1.165) is 18.8 Å². The first-order valence-corrected chi connectivity index (χ1v) is 5.52. The zero-order valence-corrected chi connectivity index (χ0v) is 9.60. The van der Waals surface area contributed by atoms with Crippen LogP contribution in [0.5, 0.6) is 0 Å². The third-order valence-corrected chi connectivity index (χ3v) is 2.38. The number of anilines is 1. The average Bonchev–Trinajstić information content (AvgIpc) is 2.33. The van der Waals surface area contributed by atoms with Crippen molar-refractivity contribution in [3.05, 3.63) is 54.1 Å². The van der Waals surface area contributed by atoms with Crippen molar-refractivity contribution in [1.82, 2.24) is 9.97 Å². The summed E-state index contributed by atoms with van der Waals surface area (Å²) < 4.78 is 12.6. The van der Waals surface area contributed by atoms with Crippen LogP contribution in [0, 0.1) is 5.82 Å². The molecular weight excluding hydrogens is 217 g/mol. The monoisotopic (exact) mass is 231 g/mol. The lowest BCUT2D eigenvalue weighted by Crippen LogP contribution is -2.19. The highest BCUT2D eigenvalue weighted by Crippen LogP contribution is 2.07.